The first kappa shape index (κ1) is 9.89. The Morgan fingerprint density at radius 2 is 1.60 bits per heavy atom. The van der Waals surface area contributed by atoms with Gasteiger partial charge in [-0.15, -0.1) is 0 Å². The van der Waals surface area contributed by atoms with Crippen LogP contribution in [0, 0.1) is 5.41 Å². The molecule has 0 aromatic rings. The van der Waals surface area contributed by atoms with Gasteiger partial charge in [0, 0.05) is 0 Å². The van der Waals surface area contributed by atoms with E-state index in [0.29, 0.717) is 6.42 Å². The maximum Gasteiger partial charge on any atom is 0.131 e. The summed E-state index contributed by atoms with van der Waals surface area (Å²) in [6.07, 6.45) is 0.399. The van der Waals surface area contributed by atoms with E-state index in [-0.39, 0.29) is 12.0 Å². The predicted molar refractivity (Wildman–Crippen MR) is 40.7 cm³/mol. The van der Waals surface area contributed by atoms with Crippen molar-refractivity contribution in [2.75, 3.05) is 6.61 Å². The van der Waals surface area contributed by atoms with E-state index in [2.05, 4.69) is 0 Å². The third-order valence-corrected chi connectivity index (χ3v) is 1.23. The van der Waals surface area contributed by atoms with Crippen LogP contribution in [0.2, 0.25) is 0 Å². The lowest BCUT2D eigenvalue weighted by atomic mass is 9.84. The quantitative estimate of drug-likeness (QED) is 0.636. The summed E-state index contributed by atoms with van der Waals surface area (Å²) in [5.41, 5.74) is -1.47. The predicted octanol–water partition coefficient (Wildman–Crippen LogP) is 2.14. The van der Waals surface area contributed by atoms with Gasteiger partial charge in [-0.2, -0.15) is 0 Å². The molecule has 0 spiro atoms. The second-order valence-electron chi connectivity index (χ2n) is 4.31. The molecule has 1 N–H and O–H groups in total. The molecule has 0 heterocycles. The first-order valence-corrected chi connectivity index (χ1v) is 3.57. The van der Waals surface area contributed by atoms with Gasteiger partial charge in [0.05, 0.1) is 6.61 Å². The first-order chi connectivity index (χ1) is 4.27. The van der Waals surface area contributed by atoms with Gasteiger partial charge in [-0.05, 0) is 18.8 Å². The van der Waals surface area contributed by atoms with Crippen LogP contribution in [0.25, 0.3) is 0 Å². The molecule has 0 amide bonds. The van der Waals surface area contributed by atoms with E-state index in [1.54, 1.807) is 0 Å². The van der Waals surface area contributed by atoms with Crippen molar-refractivity contribution in [2.45, 2.75) is 39.8 Å². The lowest BCUT2D eigenvalue weighted by Crippen LogP contribution is -2.29. The molecule has 1 atom stereocenters. The molecular weight excluding hydrogens is 131 g/mol. The van der Waals surface area contributed by atoms with Gasteiger partial charge in [0.25, 0.3) is 0 Å². The number of hydrogen-bond acceptors (Lipinski definition) is 1. The average Bonchev–Trinajstić information content (AvgIpc) is 1.60. The SMILES string of the molecule is CC(C)(C)C[C@@](C)(F)CO. The Morgan fingerprint density at radius 3 is 1.70 bits per heavy atom. The number of hydrogen-bond donors (Lipinski definition) is 1. The number of alkyl halides is 1. The Bertz CT molecular complexity index is 102. The fourth-order valence-corrected chi connectivity index (χ4v) is 1.16. The van der Waals surface area contributed by atoms with Crippen molar-refractivity contribution in [3.05, 3.63) is 0 Å². The Kier molecular flexibility index (Phi) is 2.84. The van der Waals surface area contributed by atoms with Crippen molar-refractivity contribution in [3.8, 4) is 0 Å². The molecule has 0 unspecified atom stereocenters. The molecule has 0 fully saturated rings. The molecule has 0 aliphatic heterocycles. The lowest BCUT2D eigenvalue weighted by molar-refractivity contribution is 0.0489. The Hall–Kier alpha value is -0.110. The minimum Gasteiger partial charge on any atom is -0.393 e. The largest absolute Gasteiger partial charge is 0.393 e. The summed E-state index contributed by atoms with van der Waals surface area (Å²) < 4.78 is 13.1. The fourth-order valence-electron chi connectivity index (χ4n) is 1.16. The number of aliphatic hydroxyl groups is 1. The molecule has 0 aliphatic carbocycles. The van der Waals surface area contributed by atoms with Gasteiger partial charge in [-0.3, -0.25) is 0 Å². The summed E-state index contributed by atoms with van der Waals surface area (Å²) in [6, 6.07) is 0. The molecule has 0 aliphatic rings. The van der Waals surface area contributed by atoms with Gasteiger partial charge in [0.2, 0.25) is 0 Å². The normalized spacial score (nSPS) is 18.6. The van der Waals surface area contributed by atoms with Crippen LogP contribution in [0.3, 0.4) is 0 Å². The number of rotatable bonds is 2. The van der Waals surface area contributed by atoms with E-state index < -0.39 is 5.67 Å². The highest BCUT2D eigenvalue weighted by Gasteiger charge is 2.28. The van der Waals surface area contributed by atoms with Crippen LogP contribution < -0.4 is 0 Å². The minimum atomic E-state index is -1.42. The third kappa shape index (κ3) is 4.74. The van der Waals surface area contributed by atoms with Crippen LogP contribution in [0.1, 0.15) is 34.1 Å². The van der Waals surface area contributed by atoms with E-state index in [0.717, 1.165) is 0 Å². The number of aliphatic hydroxyl groups excluding tert-OH is 1. The molecule has 0 saturated heterocycles. The summed E-state index contributed by atoms with van der Waals surface area (Å²) in [5, 5.41) is 8.58. The highest BCUT2D eigenvalue weighted by Crippen LogP contribution is 2.29. The average molecular weight is 148 g/mol. The fraction of sp³-hybridized carbons (Fsp3) is 1.00. The molecule has 62 valence electrons. The van der Waals surface area contributed by atoms with Gasteiger partial charge < -0.3 is 5.11 Å². The molecule has 0 aromatic carbocycles. The van der Waals surface area contributed by atoms with Gasteiger partial charge in [0.15, 0.2) is 0 Å². The van der Waals surface area contributed by atoms with Gasteiger partial charge in [-0.1, -0.05) is 20.8 Å². The van der Waals surface area contributed by atoms with Crippen LogP contribution >= 0.6 is 0 Å². The van der Waals surface area contributed by atoms with E-state index in [1.165, 1.54) is 6.92 Å². The van der Waals surface area contributed by atoms with E-state index in [4.69, 9.17) is 5.11 Å². The zero-order valence-corrected chi connectivity index (χ0v) is 7.24. The maximum atomic E-state index is 13.1. The van der Waals surface area contributed by atoms with Gasteiger partial charge in [0.1, 0.15) is 5.67 Å². The molecule has 1 nitrogen and oxygen atoms in total. The van der Waals surface area contributed by atoms with E-state index in [9.17, 15) is 4.39 Å². The van der Waals surface area contributed by atoms with E-state index >= 15 is 0 Å². The zero-order valence-electron chi connectivity index (χ0n) is 7.24. The van der Waals surface area contributed by atoms with Gasteiger partial charge in [-0.25, -0.2) is 4.39 Å². The molecule has 10 heavy (non-hydrogen) atoms. The Labute approximate surface area is 62.3 Å². The number of halogens is 1. The van der Waals surface area contributed by atoms with Crippen LogP contribution in [0.4, 0.5) is 4.39 Å². The highest BCUT2D eigenvalue weighted by atomic mass is 19.1. The summed E-state index contributed by atoms with van der Waals surface area (Å²) in [6.45, 7) is 6.92. The van der Waals surface area contributed by atoms with E-state index in [1.807, 2.05) is 20.8 Å². The Balaban J connectivity index is 3.89. The molecule has 0 radical (unpaired) electrons. The van der Waals surface area contributed by atoms with Crippen molar-refractivity contribution >= 4 is 0 Å². The second kappa shape index (κ2) is 2.87. The van der Waals surface area contributed by atoms with Crippen LogP contribution in [-0.4, -0.2) is 17.4 Å². The standard InChI is InChI=1S/C8H17FO/c1-7(2,3)5-8(4,9)6-10/h10H,5-6H2,1-4H3/t8-/m1/s1. The van der Waals surface area contributed by atoms with Crippen molar-refractivity contribution in [2.24, 2.45) is 5.41 Å². The van der Waals surface area contributed by atoms with Gasteiger partial charge >= 0.3 is 0 Å². The maximum absolute atomic E-state index is 13.1. The molecule has 0 saturated carbocycles. The van der Waals surface area contributed by atoms with Crippen molar-refractivity contribution in [3.63, 3.8) is 0 Å². The van der Waals surface area contributed by atoms with Crippen LogP contribution in [-0.2, 0) is 0 Å². The topological polar surface area (TPSA) is 20.2 Å². The lowest BCUT2D eigenvalue weighted by Gasteiger charge is -2.26. The third-order valence-electron chi connectivity index (χ3n) is 1.23. The monoisotopic (exact) mass is 148 g/mol. The smallest absolute Gasteiger partial charge is 0.131 e. The zero-order chi connectivity index (χ0) is 8.41. The Morgan fingerprint density at radius 1 is 1.20 bits per heavy atom. The molecule has 0 bridgehead atoms. The first-order valence-electron chi connectivity index (χ1n) is 3.57. The van der Waals surface area contributed by atoms with Crippen molar-refractivity contribution in [1.82, 2.24) is 0 Å². The van der Waals surface area contributed by atoms with Crippen LogP contribution in [0.5, 0.6) is 0 Å². The summed E-state index contributed by atoms with van der Waals surface area (Å²) in [7, 11) is 0. The molecular formula is C8H17FO. The molecule has 0 aromatic heterocycles. The van der Waals surface area contributed by atoms with Crippen molar-refractivity contribution in [1.29, 1.82) is 0 Å². The summed E-state index contributed by atoms with van der Waals surface area (Å²) in [5.74, 6) is 0. The summed E-state index contributed by atoms with van der Waals surface area (Å²) >= 11 is 0. The highest BCUT2D eigenvalue weighted by molar-refractivity contribution is 4.78. The molecule has 2 heteroatoms. The minimum absolute atomic E-state index is 0.0494. The summed E-state index contributed by atoms with van der Waals surface area (Å²) in [4.78, 5) is 0. The molecule has 0 rings (SSSR count). The second-order valence-corrected chi connectivity index (χ2v) is 4.31. The van der Waals surface area contributed by atoms with Crippen LogP contribution in [0.15, 0.2) is 0 Å². The van der Waals surface area contributed by atoms with Crippen molar-refractivity contribution < 1.29 is 9.50 Å².